The molecule has 0 aliphatic carbocycles. The van der Waals surface area contributed by atoms with Crippen LogP contribution in [0, 0.1) is 5.92 Å². The number of nitrogens with zero attached hydrogens (tertiary/aromatic N) is 3. The maximum Gasteiger partial charge on any atom is 0.330 e. The topological polar surface area (TPSA) is 99.0 Å². The van der Waals surface area contributed by atoms with Crippen LogP contribution in [0.4, 0.5) is 0 Å². The Bertz CT molecular complexity index is 1440. The third kappa shape index (κ3) is 3.83. The van der Waals surface area contributed by atoms with Crippen molar-refractivity contribution in [1.82, 2.24) is 19.1 Å². The molecule has 0 unspecified atom stereocenters. The van der Waals surface area contributed by atoms with E-state index < -0.39 is 23.1 Å². The molecule has 2 aromatic heterocycles. The van der Waals surface area contributed by atoms with Gasteiger partial charge in [-0.25, -0.2) is 9.78 Å². The monoisotopic (exact) mass is 472 g/mol. The molecule has 0 amide bonds. The first-order valence-corrected chi connectivity index (χ1v) is 10.4. The zero-order chi connectivity index (χ0) is 23.0. The van der Waals surface area contributed by atoms with Crippen molar-refractivity contribution in [2.75, 3.05) is 7.11 Å². The number of imidazole rings is 1. The number of halogens is 2. The average Bonchev–Trinajstić information content (AvgIpc) is 3.15. The number of esters is 1. The van der Waals surface area contributed by atoms with Crippen molar-refractivity contribution in [3.05, 3.63) is 79.4 Å². The highest BCUT2D eigenvalue weighted by molar-refractivity contribution is 6.33. The highest BCUT2D eigenvalue weighted by Gasteiger charge is 2.23. The van der Waals surface area contributed by atoms with Gasteiger partial charge in [0.05, 0.1) is 18.1 Å². The lowest BCUT2D eigenvalue weighted by molar-refractivity contribution is -0.145. The van der Waals surface area contributed by atoms with E-state index in [4.69, 9.17) is 27.9 Å². The van der Waals surface area contributed by atoms with Crippen LogP contribution in [0.3, 0.4) is 0 Å². The molecular formula is C22H18Cl2N4O4. The smallest absolute Gasteiger partial charge is 0.330 e. The van der Waals surface area contributed by atoms with E-state index >= 15 is 0 Å². The number of methoxy groups -OCH3 is 1. The van der Waals surface area contributed by atoms with Crippen LogP contribution in [-0.4, -0.2) is 32.2 Å². The van der Waals surface area contributed by atoms with E-state index in [1.165, 1.54) is 7.11 Å². The number of carbonyl (C=O) groups is 1. The Morgan fingerprint density at radius 2 is 1.81 bits per heavy atom. The molecule has 0 radical (unpaired) electrons. The number of aromatic nitrogens is 4. The summed E-state index contributed by atoms with van der Waals surface area (Å²) in [5.41, 5.74) is 0.148. The van der Waals surface area contributed by atoms with Gasteiger partial charge in [0.2, 0.25) is 0 Å². The molecule has 32 heavy (non-hydrogen) atoms. The predicted octanol–water partition coefficient (Wildman–Crippen LogP) is 3.66. The second kappa shape index (κ2) is 8.64. The molecule has 0 aliphatic heterocycles. The van der Waals surface area contributed by atoms with E-state index in [-0.39, 0.29) is 17.7 Å². The summed E-state index contributed by atoms with van der Waals surface area (Å²) in [5.74, 6) is -0.856. The van der Waals surface area contributed by atoms with Gasteiger partial charge in [-0.1, -0.05) is 42.3 Å². The molecule has 1 N–H and O–H groups in total. The number of benzene rings is 2. The second-order valence-corrected chi connectivity index (χ2v) is 8.04. The van der Waals surface area contributed by atoms with Gasteiger partial charge < -0.3 is 4.74 Å². The first-order valence-electron chi connectivity index (χ1n) is 9.66. The molecule has 0 saturated carbocycles. The molecule has 0 spiro atoms. The zero-order valence-corrected chi connectivity index (χ0v) is 18.6. The van der Waals surface area contributed by atoms with Crippen LogP contribution < -0.4 is 11.2 Å². The van der Waals surface area contributed by atoms with Crippen LogP contribution in [-0.2, 0) is 16.1 Å². The average molecular weight is 473 g/mol. The Hall–Kier alpha value is -3.36. The summed E-state index contributed by atoms with van der Waals surface area (Å²) in [5, 5.41) is 0.954. The maximum absolute atomic E-state index is 13.5. The lowest BCUT2D eigenvalue weighted by atomic mass is 10.2. The van der Waals surface area contributed by atoms with Crippen molar-refractivity contribution in [2.45, 2.75) is 13.5 Å². The van der Waals surface area contributed by atoms with Crippen molar-refractivity contribution in [2.24, 2.45) is 5.92 Å². The highest BCUT2D eigenvalue weighted by atomic mass is 35.5. The lowest BCUT2D eigenvalue weighted by Crippen LogP contribution is -2.38. The van der Waals surface area contributed by atoms with Crippen LogP contribution in [0.5, 0.6) is 0 Å². The number of hydrogen-bond donors (Lipinski definition) is 1. The molecule has 4 aromatic rings. The van der Waals surface area contributed by atoms with Crippen LogP contribution in [0.15, 0.2) is 58.1 Å². The third-order valence-corrected chi connectivity index (χ3v) is 5.64. The van der Waals surface area contributed by atoms with Gasteiger partial charge in [0, 0.05) is 22.8 Å². The molecule has 0 saturated heterocycles. The number of nitrogens with one attached hydrogen (secondary N) is 1. The quantitative estimate of drug-likeness (QED) is 0.446. The second-order valence-electron chi connectivity index (χ2n) is 7.19. The van der Waals surface area contributed by atoms with Crippen molar-refractivity contribution in [1.29, 1.82) is 0 Å². The van der Waals surface area contributed by atoms with E-state index in [0.717, 1.165) is 4.57 Å². The number of H-pyrrole nitrogens is 1. The summed E-state index contributed by atoms with van der Waals surface area (Å²) in [6.07, 6.45) is 0. The van der Waals surface area contributed by atoms with Gasteiger partial charge in [-0.05, 0) is 36.4 Å². The van der Waals surface area contributed by atoms with Gasteiger partial charge in [0.25, 0.3) is 5.56 Å². The third-order valence-electron chi connectivity index (χ3n) is 5.06. The fourth-order valence-corrected chi connectivity index (χ4v) is 3.82. The van der Waals surface area contributed by atoms with Gasteiger partial charge in [-0.3, -0.25) is 23.7 Å². The van der Waals surface area contributed by atoms with E-state index in [1.807, 2.05) is 0 Å². The van der Waals surface area contributed by atoms with Crippen molar-refractivity contribution in [3.63, 3.8) is 0 Å². The van der Waals surface area contributed by atoms with Crippen LogP contribution in [0.25, 0.3) is 28.2 Å². The van der Waals surface area contributed by atoms with Crippen LogP contribution >= 0.6 is 23.2 Å². The maximum atomic E-state index is 13.5. The molecule has 1 atom stereocenters. The molecule has 0 aliphatic rings. The van der Waals surface area contributed by atoms with Crippen molar-refractivity contribution >= 4 is 40.3 Å². The first kappa shape index (κ1) is 21.9. The Morgan fingerprint density at radius 1 is 1.12 bits per heavy atom. The molecule has 8 nitrogen and oxygen atoms in total. The zero-order valence-electron chi connectivity index (χ0n) is 17.1. The fourth-order valence-electron chi connectivity index (χ4n) is 3.47. The van der Waals surface area contributed by atoms with Crippen molar-refractivity contribution < 1.29 is 9.53 Å². The molecule has 2 aromatic carbocycles. The number of carbonyl (C=O) groups excluding carboxylic acids is 1. The SMILES string of the molecule is COC(=O)[C@@H](C)Cn1c(=O)[nH]c2nc(-c3ccccc3Cl)n(-c3ccc(Cl)cc3)c2c1=O. The molecule has 164 valence electrons. The largest absolute Gasteiger partial charge is 0.469 e. The van der Waals surface area contributed by atoms with E-state index in [9.17, 15) is 14.4 Å². The van der Waals surface area contributed by atoms with Gasteiger partial charge in [-0.2, -0.15) is 0 Å². The first-order chi connectivity index (χ1) is 15.3. The minimum atomic E-state index is -0.703. The lowest BCUT2D eigenvalue weighted by Gasteiger charge is -2.12. The molecule has 2 heterocycles. The number of rotatable bonds is 5. The van der Waals surface area contributed by atoms with E-state index in [2.05, 4.69) is 9.97 Å². The minimum Gasteiger partial charge on any atom is -0.469 e. The van der Waals surface area contributed by atoms with Gasteiger partial charge >= 0.3 is 11.7 Å². The highest BCUT2D eigenvalue weighted by Crippen LogP contribution is 2.31. The molecule has 0 bridgehead atoms. The predicted molar refractivity (Wildman–Crippen MR) is 123 cm³/mol. The Balaban J connectivity index is 2.05. The summed E-state index contributed by atoms with van der Waals surface area (Å²) >= 11 is 12.5. The number of aromatic amines is 1. The summed E-state index contributed by atoms with van der Waals surface area (Å²) < 4.78 is 7.30. The summed E-state index contributed by atoms with van der Waals surface area (Å²) in [6.45, 7) is 1.43. The van der Waals surface area contributed by atoms with E-state index in [1.54, 1.807) is 60.0 Å². The van der Waals surface area contributed by atoms with Gasteiger partial charge in [0.15, 0.2) is 11.2 Å². The summed E-state index contributed by atoms with van der Waals surface area (Å²) in [7, 11) is 1.25. The van der Waals surface area contributed by atoms with Crippen LogP contribution in [0.2, 0.25) is 10.0 Å². The minimum absolute atomic E-state index is 0.104. The molecular weight excluding hydrogens is 455 g/mol. The molecule has 0 fully saturated rings. The van der Waals surface area contributed by atoms with Gasteiger partial charge in [-0.15, -0.1) is 0 Å². The van der Waals surface area contributed by atoms with Crippen molar-refractivity contribution in [3.8, 4) is 17.1 Å². The number of fused-ring (bicyclic) bond motifs is 1. The Morgan fingerprint density at radius 3 is 2.47 bits per heavy atom. The van der Waals surface area contributed by atoms with E-state index in [0.29, 0.717) is 27.1 Å². The number of ether oxygens (including phenoxy) is 1. The summed E-state index contributed by atoms with van der Waals surface area (Å²) in [6, 6.07) is 13.9. The molecule has 4 rings (SSSR count). The summed E-state index contributed by atoms with van der Waals surface area (Å²) in [4.78, 5) is 45.1. The fraction of sp³-hybridized carbons (Fsp3) is 0.182. The molecule has 10 heteroatoms. The number of hydrogen-bond acceptors (Lipinski definition) is 5. The normalized spacial score (nSPS) is 12.1. The standard InChI is InChI=1S/C22H18Cl2N4O4/c1-12(21(30)32-2)11-27-20(29)17-18(26-22(27)31)25-19(15-5-3-4-6-16(15)24)28(17)14-9-7-13(23)8-10-14/h3-10,12H,11H2,1-2H3,(H,26,31)/t12-/m0/s1. The van der Waals surface area contributed by atoms with Crippen LogP contribution in [0.1, 0.15) is 6.92 Å². The Kier molecular flexibility index (Phi) is 5.90. The van der Waals surface area contributed by atoms with Gasteiger partial charge in [0.1, 0.15) is 5.82 Å². The Labute approximate surface area is 192 Å².